The number of aliphatic hydroxyl groups is 1. The van der Waals surface area contributed by atoms with Gasteiger partial charge in [-0.2, -0.15) is 0 Å². The summed E-state index contributed by atoms with van der Waals surface area (Å²) in [7, 11) is 0. The van der Waals surface area contributed by atoms with E-state index in [0.29, 0.717) is 10.8 Å². The van der Waals surface area contributed by atoms with E-state index in [4.69, 9.17) is 5.11 Å². The first-order valence-electron chi connectivity index (χ1n) is 6.17. The molecule has 0 fully saturated rings. The molecule has 0 aliphatic carbocycles. The summed E-state index contributed by atoms with van der Waals surface area (Å²) in [5, 5.41) is 8.40. The van der Waals surface area contributed by atoms with Gasteiger partial charge in [0.25, 0.3) is 0 Å². The van der Waals surface area contributed by atoms with Crippen LogP contribution in [0.25, 0.3) is 0 Å². The van der Waals surface area contributed by atoms with Crippen molar-refractivity contribution in [3.05, 3.63) is 0 Å². The summed E-state index contributed by atoms with van der Waals surface area (Å²) >= 11 is 0. The van der Waals surface area contributed by atoms with Crippen LogP contribution in [-0.2, 0) is 0 Å². The second-order valence-corrected chi connectivity index (χ2v) is 8.72. The van der Waals surface area contributed by atoms with Crippen molar-refractivity contribution in [2.45, 2.75) is 121 Å². The smallest absolute Gasteiger partial charge is 0.0479 e. The van der Waals surface area contributed by atoms with Gasteiger partial charge in [-0.15, -0.1) is 0 Å². The molecule has 0 saturated carbocycles. The SMILES string of the molecule is C.C.C.C.C.C.CC(C)(C)C.CC(C)(C)C.CC(C)(C)CO.N.N.[B].[B].[B]. The average molecular weight is 395 g/mol. The zero-order chi connectivity index (χ0) is 14.2. The zero-order valence-corrected chi connectivity index (χ0v) is 16.8. The van der Waals surface area contributed by atoms with Crippen molar-refractivity contribution in [3.8, 4) is 0 Å². The van der Waals surface area contributed by atoms with E-state index in [1.807, 2.05) is 20.8 Å². The van der Waals surface area contributed by atoms with Crippen LogP contribution in [0.1, 0.15) is 121 Å². The maximum atomic E-state index is 8.40. The highest BCUT2D eigenvalue weighted by Crippen LogP contribution is 2.09. The van der Waals surface area contributed by atoms with Gasteiger partial charge < -0.3 is 17.4 Å². The van der Waals surface area contributed by atoms with E-state index in [1.165, 1.54) is 0 Å². The lowest BCUT2D eigenvalue weighted by Crippen LogP contribution is -2.09. The Morgan fingerprint density at radius 1 is 0.444 bits per heavy atom. The Morgan fingerprint density at radius 3 is 0.481 bits per heavy atom. The van der Waals surface area contributed by atoms with Gasteiger partial charge in [-0.05, 0) is 16.2 Å². The molecule has 7 N–H and O–H groups in total. The van der Waals surface area contributed by atoms with Crippen LogP contribution in [-0.4, -0.2) is 37.0 Å². The molecule has 0 heterocycles. The van der Waals surface area contributed by atoms with Gasteiger partial charge in [-0.1, -0.05) is 121 Å². The van der Waals surface area contributed by atoms with Gasteiger partial charge in [0.15, 0.2) is 0 Å². The van der Waals surface area contributed by atoms with Crippen molar-refractivity contribution in [2.75, 3.05) is 6.61 Å². The Kier molecular flexibility index (Phi) is 180. The molecule has 0 rings (SSSR count). The molecular formula is C21H66B3N2O. The van der Waals surface area contributed by atoms with Crippen molar-refractivity contribution >= 4 is 25.2 Å². The van der Waals surface area contributed by atoms with Gasteiger partial charge in [0, 0.05) is 31.8 Å². The van der Waals surface area contributed by atoms with Crippen molar-refractivity contribution < 1.29 is 5.11 Å². The number of hydrogen-bond donors (Lipinski definition) is 3. The van der Waals surface area contributed by atoms with Crippen LogP contribution >= 0.6 is 0 Å². The largest absolute Gasteiger partial charge is 0.396 e. The summed E-state index contributed by atoms with van der Waals surface area (Å²) in [5.41, 5.74) is 1.10. The standard InChI is InChI=1S/C5H12O.2C5H12.6CH4.3B.2H3N/c1-5(2,3)4-6;2*1-5(2,3)4;;;;;;;;;;;/h6H,4H2,1-3H3;2*1-4H3;6*1H4;;;;2*1H3. The van der Waals surface area contributed by atoms with Crippen LogP contribution < -0.4 is 12.3 Å². The highest BCUT2D eigenvalue weighted by atomic mass is 16.3. The van der Waals surface area contributed by atoms with E-state index in [2.05, 4.69) is 55.4 Å². The van der Waals surface area contributed by atoms with Crippen LogP contribution in [0.3, 0.4) is 0 Å². The average Bonchev–Trinajstić information content (AvgIpc) is 1.77. The van der Waals surface area contributed by atoms with Crippen LogP contribution in [0.5, 0.6) is 0 Å². The maximum Gasteiger partial charge on any atom is 0.0479 e. The first-order valence-corrected chi connectivity index (χ1v) is 6.17. The molecule has 0 unspecified atom stereocenters. The van der Waals surface area contributed by atoms with Gasteiger partial charge in [-0.3, -0.25) is 0 Å². The lowest BCUT2D eigenvalue weighted by molar-refractivity contribution is 0.177. The van der Waals surface area contributed by atoms with Crippen molar-refractivity contribution in [1.29, 1.82) is 0 Å². The number of rotatable bonds is 0. The minimum atomic E-state index is 0. The van der Waals surface area contributed by atoms with Gasteiger partial charge in [-0.25, -0.2) is 0 Å². The molecule has 27 heavy (non-hydrogen) atoms. The molecule has 9 radical (unpaired) electrons. The first-order chi connectivity index (χ1) is 6.56. The Bertz CT molecular complexity index is 138. The summed E-state index contributed by atoms with van der Waals surface area (Å²) in [4.78, 5) is 0. The van der Waals surface area contributed by atoms with Gasteiger partial charge in [0.2, 0.25) is 0 Å². The Balaban J connectivity index is -0.00000000652. The van der Waals surface area contributed by atoms with E-state index < -0.39 is 0 Å². The molecule has 0 bridgehead atoms. The van der Waals surface area contributed by atoms with E-state index in [1.54, 1.807) is 0 Å². The molecule has 0 saturated heterocycles. The van der Waals surface area contributed by atoms with Crippen molar-refractivity contribution in [2.24, 2.45) is 16.2 Å². The van der Waals surface area contributed by atoms with Gasteiger partial charge in [0.1, 0.15) is 0 Å². The normalized spacial score (nSPS) is 7.11. The van der Waals surface area contributed by atoms with E-state index in [-0.39, 0.29) is 94.1 Å². The van der Waals surface area contributed by atoms with Crippen molar-refractivity contribution in [1.82, 2.24) is 12.3 Å². The maximum absolute atomic E-state index is 8.40. The third-order valence-corrected chi connectivity index (χ3v) is 0.474. The van der Waals surface area contributed by atoms with E-state index in [0.717, 1.165) is 0 Å². The topological polar surface area (TPSA) is 90.2 Å². The van der Waals surface area contributed by atoms with Crippen LogP contribution in [0.15, 0.2) is 0 Å². The molecule has 175 valence electrons. The van der Waals surface area contributed by atoms with Gasteiger partial charge >= 0.3 is 0 Å². The lowest BCUT2D eigenvalue weighted by Gasteiger charge is -2.11. The van der Waals surface area contributed by atoms with Crippen LogP contribution in [0.2, 0.25) is 0 Å². The first kappa shape index (κ1) is 108. The van der Waals surface area contributed by atoms with E-state index in [9.17, 15) is 0 Å². The molecule has 0 aromatic carbocycles. The zero-order valence-electron chi connectivity index (χ0n) is 16.8. The third-order valence-electron chi connectivity index (χ3n) is 0.474. The molecule has 0 aliphatic rings. The lowest BCUT2D eigenvalue weighted by atomic mass is 9.99. The second-order valence-electron chi connectivity index (χ2n) is 8.72. The Morgan fingerprint density at radius 2 is 0.481 bits per heavy atom. The van der Waals surface area contributed by atoms with Crippen molar-refractivity contribution in [3.63, 3.8) is 0 Å². The minimum Gasteiger partial charge on any atom is -0.396 e. The van der Waals surface area contributed by atoms with Gasteiger partial charge in [0.05, 0.1) is 0 Å². The van der Waals surface area contributed by atoms with E-state index >= 15 is 0 Å². The second kappa shape index (κ2) is 45.1. The molecule has 0 atom stereocenters. The molecule has 0 aromatic rings. The fourth-order valence-corrected chi connectivity index (χ4v) is 0. The minimum absolute atomic E-state index is 0. The number of hydrogen-bond acceptors (Lipinski definition) is 3. The summed E-state index contributed by atoms with van der Waals surface area (Å²) in [6.45, 7) is 23.8. The highest BCUT2D eigenvalue weighted by molar-refractivity contribution is 5.76. The Hall–Kier alpha value is 0.0748. The fourth-order valence-electron chi connectivity index (χ4n) is 0. The predicted molar refractivity (Wildman–Crippen MR) is 144 cm³/mol. The monoisotopic (exact) mass is 396 g/mol. The molecule has 0 spiro atoms. The summed E-state index contributed by atoms with van der Waals surface area (Å²) in [6, 6.07) is 0. The number of aliphatic hydroxyl groups excluding tert-OH is 1. The summed E-state index contributed by atoms with van der Waals surface area (Å²) in [6.07, 6.45) is 0. The van der Waals surface area contributed by atoms with Crippen LogP contribution in [0, 0.1) is 16.2 Å². The summed E-state index contributed by atoms with van der Waals surface area (Å²) < 4.78 is 0. The highest BCUT2D eigenvalue weighted by Gasteiger charge is 2.05. The molecule has 0 aromatic heterocycles. The predicted octanol–water partition coefficient (Wildman–Crippen LogP) is 8.13. The summed E-state index contributed by atoms with van der Waals surface area (Å²) in [5.74, 6) is 0. The van der Waals surface area contributed by atoms with Crippen LogP contribution in [0.4, 0.5) is 0 Å². The quantitative estimate of drug-likeness (QED) is 0.362. The molecule has 3 nitrogen and oxygen atoms in total. The third kappa shape index (κ3) is 1600. The molecule has 0 amide bonds. The molecule has 0 aliphatic heterocycles. The Labute approximate surface area is 186 Å². The fraction of sp³-hybridized carbons (Fsp3) is 1.00. The molecule has 6 heteroatoms. The molecular weight excluding hydrogens is 329 g/mol.